The van der Waals surface area contributed by atoms with Crippen molar-refractivity contribution in [1.29, 1.82) is 0 Å². The molecule has 0 atom stereocenters. The van der Waals surface area contributed by atoms with E-state index < -0.39 is 18.5 Å². The zero-order valence-corrected chi connectivity index (χ0v) is 18.7. The van der Waals surface area contributed by atoms with E-state index in [2.05, 4.69) is 10.2 Å². The first kappa shape index (κ1) is 25.3. The summed E-state index contributed by atoms with van der Waals surface area (Å²) in [5, 5.41) is 6.34. The first-order valence-electron chi connectivity index (χ1n) is 10.3. The Balaban J connectivity index is 0.00000324. The lowest BCUT2D eigenvalue weighted by Gasteiger charge is -2.19. The number of nitrogens with one attached hydrogen (secondary N) is 1. The summed E-state index contributed by atoms with van der Waals surface area (Å²) in [5.41, 5.74) is 7.71. The minimum absolute atomic E-state index is 0. The molecule has 0 saturated heterocycles. The summed E-state index contributed by atoms with van der Waals surface area (Å²) in [5.74, 6) is -0.0919. The van der Waals surface area contributed by atoms with Crippen LogP contribution in [0.25, 0.3) is 22.0 Å². The number of hydrogen-bond donors (Lipinski definition) is 2. The molecule has 0 fully saturated rings. The SMILES string of the molecule is Cl.NCCOc1ccc(C(=C(CC(F)(F)F)c2ccccc2)c2ccc3n[nH]c(F)c3c2)cc1. The van der Waals surface area contributed by atoms with E-state index in [1.165, 1.54) is 6.07 Å². The molecule has 0 bridgehead atoms. The number of aromatic nitrogens is 2. The third-order valence-electron chi connectivity index (χ3n) is 5.13. The van der Waals surface area contributed by atoms with Crippen LogP contribution in [-0.2, 0) is 0 Å². The minimum atomic E-state index is -4.45. The van der Waals surface area contributed by atoms with Gasteiger partial charge in [-0.3, -0.25) is 5.10 Å². The van der Waals surface area contributed by atoms with Crippen LogP contribution in [0.4, 0.5) is 17.6 Å². The molecular weight excluding hydrogens is 470 g/mol. The number of nitrogens with zero attached hydrogens (tertiary/aromatic N) is 1. The Labute approximate surface area is 199 Å². The van der Waals surface area contributed by atoms with Crippen molar-refractivity contribution in [2.45, 2.75) is 12.6 Å². The molecule has 3 N–H and O–H groups in total. The van der Waals surface area contributed by atoms with E-state index in [1.54, 1.807) is 66.7 Å². The third kappa shape index (κ3) is 5.76. The zero-order chi connectivity index (χ0) is 23.4. The van der Waals surface area contributed by atoms with Crippen molar-refractivity contribution < 1.29 is 22.3 Å². The Hall–Kier alpha value is -3.36. The molecule has 0 aliphatic rings. The van der Waals surface area contributed by atoms with Crippen LogP contribution < -0.4 is 10.5 Å². The number of alkyl halides is 3. The Morgan fingerprint density at radius 1 is 0.912 bits per heavy atom. The number of rotatable bonds is 7. The molecule has 0 aliphatic carbocycles. The smallest absolute Gasteiger partial charge is 0.393 e. The molecule has 1 aromatic heterocycles. The van der Waals surface area contributed by atoms with Gasteiger partial charge in [0.1, 0.15) is 12.4 Å². The molecule has 9 heteroatoms. The van der Waals surface area contributed by atoms with Crippen LogP contribution >= 0.6 is 12.4 Å². The molecule has 4 rings (SSSR count). The van der Waals surface area contributed by atoms with E-state index >= 15 is 0 Å². The second-order valence-electron chi connectivity index (χ2n) is 7.44. The van der Waals surface area contributed by atoms with Gasteiger partial charge in [0.15, 0.2) is 0 Å². The number of hydrogen-bond acceptors (Lipinski definition) is 3. The fourth-order valence-corrected chi connectivity index (χ4v) is 3.72. The average molecular weight is 492 g/mol. The molecule has 0 radical (unpaired) electrons. The van der Waals surface area contributed by atoms with Crippen LogP contribution in [0.5, 0.6) is 5.75 Å². The summed E-state index contributed by atoms with van der Waals surface area (Å²) in [6.07, 6.45) is -5.60. The number of benzene rings is 3. The predicted molar refractivity (Wildman–Crippen MR) is 127 cm³/mol. The average Bonchev–Trinajstić information content (AvgIpc) is 3.18. The number of halogens is 5. The fraction of sp³-hybridized carbons (Fsp3) is 0.160. The van der Waals surface area contributed by atoms with Crippen LogP contribution in [0.2, 0.25) is 0 Å². The van der Waals surface area contributed by atoms with E-state index in [0.717, 1.165) is 0 Å². The van der Waals surface area contributed by atoms with Crippen LogP contribution in [0, 0.1) is 5.95 Å². The standard InChI is InChI=1S/C25H21F4N3O.ClH/c26-24-20-14-18(8-11-22(20)31-32-24)23(17-6-9-19(10-7-17)33-13-12-30)21(15-25(27,28)29)16-4-2-1-3-5-16;/h1-11,14H,12-13,15,30H2,(H,31,32);1H. The van der Waals surface area contributed by atoms with Gasteiger partial charge in [-0.05, 0) is 52.1 Å². The molecule has 1 heterocycles. The van der Waals surface area contributed by atoms with E-state index in [0.29, 0.717) is 46.7 Å². The molecule has 3 aromatic carbocycles. The van der Waals surface area contributed by atoms with Crippen LogP contribution in [0.1, 0.15) is 23.1 Å². The van der Waals surface area contributed by atoms with Gasteiger partial charge in [-0.25, -0.2) is 0 Å². The lowest BCUT2D eigenvalue weighted by Crippen LogP contribution is -2.11. The van der Waals surface area contributed by atoms with Gasteiger partial charge in [-0.1, -0.05) is 48.5 Å². The second kappa shape index (κ2) is 10.7. The van der Waals surface area contributed by atoms with Crippen LogP contribution in [0.3, 0.4) is 0 Å². The van der Waals surface area contributed by atoms with Crippen molar-refractivity contribution in [2.24, 2.45) is 5.73 Å². The number of fused-ring (bicyclic) bond motifs is 1. The maximum atomic E-state index is 14.2. The highest BCUT2D eigenvalue weighted by Gasteiger charge is 2.31. The number of H-pyrrole nitrogens is 1. The minimum Gasteiger partial charge on any atom is -0.492 e. The van der Waals surface area contributed by atoms with Crippen molar-refractivity contribution in [1.82, 2.24) is 10.2 Å². The largest absolute Gasteiger partial charge is 0.492 e. The summed E-state index contributed by atoms with van der Waals surface area (Å²) < 4.78 is 60.9. The first-order chi connectivity index (χ1) is 15.9. The molecule has 0 aliphatic heterocycles. The Kier molecular flexibility index (Phi) is 7.96. The highest BCUT2D eigenvalue weighted by molar-refractivity contribution is 6.00. The lowest BCUT2D eigenvalue weighted by molar-refractivity contribution is -0.122. The lowest BCUT2D eigenvalue weighted by atomic mass is 9.87. The monoisotopic (exact) mass is 491 g/mol. The molecule has 34 heavy (non-hydrogen) atoms. The van der Waals surface area contributed by atoms with Gasteiger partial charge in [-0.15, -0.1) is 12.4 Å². The van der Waals surface area contributed by atoms with Gasteiger partial charge in [0.2, 0.25) is 5.95 Å². The Morgan fingerprint density at radius 2 is 1.59 bits per heavy atom. The van der Waals surface area contributed by atoms with Crippen molar-refractivity contribution in [3.63, 3.8) is 0 Å². The topological polar surface area (TPSA) is 63.9 Å². The second-order valence-corrected chi connectivity index (χ2v) is 7.44. The number of allylic oxidation sites excluding steroid dienone is 1. The van der Waals surface area contributed by atoms with Crippen LogP contribution in [-0.4, -0.2) is 29.5 Å². The summed E-state index contributed by atoms with van der Waals surface area (Å²) in [4.78, 5) is 0. The van der Waals surface area contributed by atoms with E-state index in [1.807, 2.05) is 0 Å². The van der Waals surface area contributed by atoms with Crippen molar-refractivity contribution >= 4 is 34.5 Å². The first-order valence-corrected chi connectivity index (χ1v) is 10.3. The van der Waals surface area contributed by atoms with Gasteiger partial charge in [0, 0.05) is 6.54 Å². The zero-order valence-electron chi connectivity index (χ0n) is 17.9. The molecule has 4 nitrogen and oxygen atoms in total. The van der Waals surface area contributed by atoms with Gasteiger partial charge in [0.05, 0.1) is 17.3 Å². The molecule has 0 amide bonds. The van der Waals surface area contributed by atoms with E-state index in [4.69, 9.17) is 10.5 Å². The molecule has 178 valence electrons. The van der Waals surface area contributed by atoms with E-state index in [9.17, 15) is 17.6 Å². The molecule has 0 spiro atoms. The molecule has 0 saturated carbocycles. The van der Waals surface area contributed by atoms with Crippen molar-refractivity contribution in [3.8, 4) is 5.75 Å². The number of ether oxygens (including phenoxy) is 1. The predicted octanol–water partition coefficient (Wildman–Crippen LogP) is 6.37. The maximum Gasteiger partial charge on any atom is 0.393 e. The quantitative estimate of drug-likeness (QED) is 0.233. The van der Waals surface area contributed by atoms with E-state index in [-0.39, 0.29) is 23.4 Å². The molecule has 0 unspecified atom stereocenters. The maximum absolute atomic E-state index is 14.2. The summed E-state index contributed by atoms with van der Waals surface area (Å²) >= 11 is 0. The fourth-order valence-electron chi connectivity index (χ4n) is 3.72. The molecular formula is C25H22ClF4N3O. The normalized spacial score (nSPS) is 12.3. The van der Waals surface area contributed by atoms with Crippen LogP contribution in [0.15, 0.2) is 72.8 Å². The Morgan fingerprint density at radius 3 is 2.24 bits per heavy atom. The molecule has 4 aromatic rings. The Bertz CT molecular complexity index is 1270. The van der Waals surface area contributed by atoms with Gasteiger partial charge in [-0.2, -0.15) is 22.7 Å². The van der Waals surface area contributed by atoms with Gasteiger partial charge >= 0.3 is 6.18 Å². The van der Waals surface area contributed by atoms with Gasteiger partial charge < -0.3 is 10.5 Å². The number of nitrogens with two attached hydrogens (primary N) is 1. The highest BCUT2D eigenvalue weighted by Crippen LogP contribution is 2.40. The number of aromatic amines is 1. The summed E-state index contributed by atoms with van der Waals surface area (Å²) in [6.45, 7) is 0.661. The van der Waals surface area contributed by atoms with Crippen molar-refractivity contribution in [3.05, 3.63) is 95.4 Å². The van der Waals surface area contributed by atoms with Gasteiger partial charge in [0.25, 0.3) is 0 Å². The highest BCUT2D eigenvalue weighted by atomic mass is 35.5. The summed E-state index contributed by atoms with van der Waals surface area (Å²) in [7, 11) is 0. The third-order valence-corrected chi connectivity index (χ3v) is 5.13. The van der Waals surface area contributed by atoms with Crippen molar-refractivity contribution in [2.75, 3.05) is 13.2 Å². The summed E-state index contributed by atoms with van der Waals surface area (Å²) in [6, 6.07) is 19.9.